The Balaban J connectivity index is 2.80. The summed E-state index contributed by atoms with van der Waals surface area (Å²) < 4.78 is 0. The second kappa shape index (κ2) is 4.87. The van der Waals surface area contributed by atoms with E-state index < -0.39 is 0 Å². The lowest BCUT2D eigenvalue weighted by molar-refractivity contribution is 1.35. The largest absolute Gasteiger partial charge is 0.307 e. The average molecular weight is 173 g/mol. The molecule has 0 aliphatic heterocycles. The van der Waals surface area contributed by atoms with Crippen molar-refractivity contribution in [1.82, 2.24) is 0 Å². The van der Waals surface area contributed by atoms with Gasteiger partial charge in [0.25, 0.3) is 0 Å². The predicted molar refractivity (Wildman–Crippen MR) is 57.4 cm³/mol. The van der Waals surface area contributed by atoms with E-state index in [2.05, 4.69) is 17.1 Å². The van der Waals surface area contributed by atoms with E-state index >= 15 is 0 Å². The van der Waals surface area contributed by atoms with Crippen LogP contribution in [0.15, 0.2) is 35.9 Å². The summed E-state index contributed by atoms with van der Waals surface area (Å²) in [6.07, 6.45) is 4.24. The highest BCUT2D eigenvalue weighted by Gasteiger charge is 1.93. The summed E-state index contributed by atoms with van der Waals surface area (Å²) in [5, 5.41) is 10.5. The van der Waals surface area contributed by atoms with Gasteiger partial charge in [0.15, 0.2) is 0 Å². The van der Waals surface area contributed by atoms with Gasteiger partial charge in [0, 0.05) is 6.21 Å². The molecular formula is C10H11N3. The maximum atomic E-state index is 6.73. The van der Waals surface area contributed by atoms with Crippen LogP contribution in [0, 0.1) is 5.41 Å². The first-order valence-electron chi connectivity index (χ1n) is 3.88. The van der Waals surface area contributed by atoms with Gasteiger partial charge < -0.3 is 5.41 Å². The third kappa shape index (κ3) is 2.56. The lowest BCUT2D eigenvalue weighted by atomic mass is 10.2. The van der Waals surface area contributed by atoms with Crippen molar-refractivity contribution >= 4 is 24.2 Å². The van der Waals surface area contributed by atoms with E-state index in [-0.39, 0.29) is 0 Å². The Hall–Kier alpha value is -1.90. The summed E-state index contributed by atoms with van der Waals surface area (Å²) in [5.74, 6) is 0. The first kappa shape index (κ1) is 9.19. The van der Waals surface area contributed by atoms with Crippen molar-refractivity contribution in [3.05, 3.63) is 36.4 Å². The van der Waals surface area contributed by atoms with Gasteiger partial charge in [-0.3, -0.25) is 5.43 Å². The second-order valence-electron chi connectivity index (χ2n) is 2.35. The molecule has 1 aromatic rings. The van der Waals surface area contributed by atoms with Gasteiger partial charge in [-0.05, 0) is 11.6 Å². The summed E-state index contributed by atoms with van der Waals surface area (Å²) >= 11 is 0. The molecule has 0 aliphatic rings. The number of anilines is 1. The summed E-state index contributed by atoms with van der Waals surface area (Å²) in [6, 6.07) is 7.69. The Morgan fingerprint density at radius 1 is 1.38 bits per heavy atom. The third-order valence-electron chi connectivity index (χ3n) is 1.51. The van der Waals surface area contributed by atoms with Crippen LogP contribution in [0.2, 0.25) is 0 Å². The fourth-order valence-corrected chi connectivity index (χ4v) is 0.921. The zero-order valence-corrected chi connectivity index (χ0v) is 7.20. The van der Waals surface area contributed by atoms with Crippen LogP contribution in [-0.2, 0) is 0 Å². The average Bonchev–Trinajstić information content (AvgIpc) is 2.19. The summed E-state index contributed by atoms with van der Waals surface area (Å²) in [6.45, 7) is 3.68. The van der Waals surface area contributed by atoms with Gasteiger partial charge in [-0.2, -0.15) is 5.10 Å². The molecule has 0 heterocycles. The molecule has 1 rings (SSSR count). The molecule has 0 fully saturated rings. The molecule has 3 nitrogen and oxygen atoms in total. The fraction of sp³-hybridized carbons (Fsp3) is 0. The normalized spacial score (nSPS) is 9.85. The number of nitrogens with one attached hydrogen (secondary N) is 2. The molecule has 0 radical (unpaired) electrons. The molecule has 0 atom stereocenters. The molecule has 0 saturated heterocycles. The highest BCUT2D eigenvalue weighted by atomic mass is 15.3. The highest BCUT2D eigenvalue weighted by molar-refractivity contribution is 6.14. The molecule has 1 aromatic carbocycles. The molecule has 3 heteroatoms. The van der Waals surface area contributed by atoms with Crippen LogP contribution in [0.5, 0.6) is 0 Å². The van der Waals surface area contributed by atoms with Crippen LogP contribution in [0.3, 0.4) is 0 Å². The fourth-order valence-electron chi connectivity index (χ4n) is 0.921. The van der Waals surface area contributed by atoms with E-state index in [0.717, 1.165) is 17.5 Å². The number of hydrogen-bond donors (Lipinski definition) is 2. The van der Waals surface area contributed by atoms with Gasteiger partial charge in [-0.1, -0.05) is 30.9 Å². The van der Waals surface area contributed by atoms with E-state index in [1.165, 1.54) is 6.21 Å². The zero-order chi connectivity index (χ0) is 9.52. The van der Waals surface area contributed by atoms with Crippen LogP contribution in [-0.4, -0.2) is 12.4 Å². The number of nitrogens with zero attached hydrogens (tertiary/aromatic N) is 1. The van der Waals surface area contributed by atoms with Gasteiger partial charge in [-0.15, -0.1) is 0 Å². The van der Waals surface area contributed by atoms with E-state index in [1.54, 1.807) is 6.08 Å². The number of para-hydroxylation sites is 1. The molecular weight excluding hydrogens is 162 g/mol. The molecule has 0 bridgehead atoms. The topological polar surface area (TPSA) is 48.2 Å². The van der Waals surface area contributed by atoms with Crippen LogP contribution in [0.25, 0.3) is 6.08 Å². The van der Waals surface area contributed by atoms with Crippen molar-refractivity contribution in [2.75, 3.05) is 5.43 Å². The molecule has 0 aromatic heterocycles. The lowest BCUT2D eigenvalue weighted by Crippen LogP contribution is -1.91. The number of hydrogen-bond acceptors (Lipinski definition) is 3. The lowest BCUT2D eigenvalue weighted by Gasteiger charge is -2.02. The van der Waals surface area contributed by atoms with Gasteiger partial charge in [0.05, 0.1) is 11.9 Å². The van der Waals surface area contributed by atoms with Crippen molar-refractivity contribution in [1.29, 1.82) is 5.41 Å². The molecule has 13 heavy (non-hydrogen) atoms. The minimum Gasteiger partial charge on any atom is -0.307 e. The molecule has 0 aliphatic carbocycles. The summed E-state index contributed by atoms with van der Waals surface area (Å²) in [5.41, 5.74) is 4.69. The van der Waals surface area contributed by atoms with E-state index in [4.69, 9.17) is 5.41 Å². The van der Waals surface area contributed by atoms with Crippen LogP contribution in [0.4, 0.5) is 5.69 Å². The Kier molecular flexibility index (Phi) is 3.45. The van der Waals surface area contributed by atoms with Crippen molar-refractivity contribution in [2.45, 2.75) is 0 Å². The Labute approximate surface area is 77.3 Å². The van der Waals surface area contributed by atoms with Crippen LogP contribution in [0.1, 0.15) is 5.56 Å². The Morgan fingerprint density at radius 2 is 2.15 bits per heavy atom. The molecule has 66 valence electrons. The zero-order valence-electron chi connectivity index (χ0n) is 7.20. The van der Waals surface area contributed by atoms with Gasteiger partial charge >= 0.3 is 0 Å². The minimum atomic E-state index is 0.885. The highest BCUT2D eigenvalue weighted by Crippen LogP contribution is 2.15. The van der Waals surface area contributed by atoms with Crippen LogP contribution < -0.4 is 5.43 Å². The van der Waals surface area contributed by atoms with Gasteiger partial charge in [0.2, 0.25) is 0 Å². The molecule has 0 unspecified atom stereocenters. The Bertz CT molecular complexity index is 329. The summed E-state index contributed by atoms with van der Waals surface area (Å²) in [7, 11) is 0. The quantitative estimate of drug-likeness (QED) is 0.533. The number of rotatable bonds is 4. The van der Waals surface area contributed by atoms with Crippen molar-refractivity contribution < 1.29 is 0 Å². The van der Waals surface area contributed by atoms with E-state index in [9.17, 15) is 0 Å². The van der Waals surface area contributed by atoms with Crippen LogP contribution >= 0.6 is 0 Å². The minimum absolute atomic E-state index is 0.885. The van der Waals surface area contributed by atoms with Crippen molar-refractivity contribution in [3.8, 4) is 0 Å². The SMILES string of the molecule is C=Cc1ccccc1N/N=C\C=N. The van der Waals surface area contributed by atoms with E-state index in [0.29, 0.717) is 0 Å². The molecule has 2 N–H and O–H groups in total. The molecule has 0 saturated carbocycles. The Morgan fingerprint density at radius 3 is 2.85 bits per heavy atom. The molecule has 0 amide bonds. The van der Waals surface area contributed by atoms with Gasteiger partial charge in [0.1, 0.15) is 0 Å². The number of hydrazone groups is 1. The van der Waals surface area contributed by atoms with E-state index in [1.807, 2.05) is 24.3 Å². The molecule has 0 spiro atoms. The smallest absolute Gasteiger partial charge is 0.0648 e. The van der Waals surface area contributed by atoms with Crippen molar-refractivity contribution in [2.24, 2.45) is 5.10 Å². The standard InChI is InChI=1S/C10H11N3/c1-2-9-5-3-4-6-10(9)13-12-8-7-11/h2-8,11,13H,1H2/b11-7?,12-8-. The van der Waals surface area contributed by atoms with Gasteiger partial charge in [-0.25, -0.2) is 0 Å². The third-order valence-corrected chi connectivity index (χ3v) is 1.51. The summed E-state index contributed by atoms with van der Waals surface area (Å²) in [4.78, 5) is 0. The first-order chi connectivity index (χ1) is 6.38. The number of benzene rings is 1. The maximum Gasteiger partial charge on any atom is 0.0648 e. The predicted octanol–water partition coefficient (Wildman–Crippen LogP) is 2.38. The monoisotopic (exact) mass is 173 g/mol. The van der Waals surface area contributed by atoms with Crippen molar-refractivity contribution in [3.63, 3.8) is 0 Å². The second-order valence-corrected chi connectivity index (χ2v) is 2.35. The first-order valence-corrected chi connectivity index (χ1v) is 3.88. The maximum absolute atomic E-state index is 6.73.